The van der Waals surface area contributed by atoms with Crippen LogP contribution in [-0.4, -0.2) is 31.1 Å². The van der Waals surface area contributed by atoms with E-state index in [0.717, 1.165) is 12.5 Å². The molecule has 90 valence electrons. The Kier molecular flexibility index (Phi) is 7.03. The molecule has 0 saturated carbocycles. The summed E-state index contributed by atoms with van der Waals surface area (Å²) in [7, 11) is 0. The summed E-state index contributed by atoms with van der Waals surface area (Å²) < 4.78 is 0. The standard InChI is InChI=1S/C13H28N2/c1-13-7-6-11-15(12-8-13)10-5-3-2-4-9-14/h13H,2-12,14H2,1H3. The summed E-state index contributed by atoms with van der Waals surface area (Å²) in [5.41, 5.74) is 5.48. The molecule has 0 bridgehead atoms. The van der Waals surface area contributed by atoms with Crippen molar-refractivity contribution in [2.24, 2.45) is 11.7 Å². The molecular weight excluding hydrogens is 184 g/mol. The first-order valence-corrected chi connectivity index (χ1v) is 6.75. The molecule has 0 amide bonds. The summed E-state index contributed by atoms with van der Waals surface area (Å²) in [4.78, 5) is 2.66. The molecule has 1 aliphatic rings. The van der Waals surface area contributed by atoms with Crippen LogP contribution in [0.4, 0.5) is 0 Å². The maximum Gasteiger partial charge on any atom is -0.00162 e. The van der Waals surface area contributed by atoms with Crippen molar-refractivity contribution in [2.45, 2.75) is 51.9 Å². The zero-order valence-corrected chi connectivity index (χ0v) is 10.4. The van der Waals surface area contributed by atoms with Crippen molar-refractivity contribution in [3.63, 3.8) is 0 Å². The summed E-state index contributed by atoms with van der Waals surface area (Å²) in [6.45, 7) is 7.24. The first kappa shape index (κ1) is 13.0. The van der Waals surface area contributed by atoms with E-state index in [1.54, 1.807) is 0 Å². The molecule has 0 radical (unpaired) electrons. The lowest BCUT2D eigenvalue weighted by molar-refractivity contribution is 0.274. The van der Waals surface area contributed by atoms with E-state index in [4.69, 9.17) is 5.73 Å². The molecule has 1 heterocycles. The van der Waals surface area contributed by atoms with Crippen LogP contribution in [0, 0.1) is 5.92 Å². The van der Waals surface area contributed by atoms with E-state index < -0.39 is 0 Å². The average Bonchev–Trinajstić information content (AvgIpc) is 2.43. The Morgan fingerprint density at radius 1 is 1.07 bits per heavy atom. The van der Waals surface area contributed by atoms with Gasteiger partial charge in [-0.2, -0.15) is 0 Å². The van der Waals surface area contributed by atoms with E-state index >= 15 is 0 Å². The first-order valence-electron chi connectivity index (χ1n) is 6.75. The van der Waals surface area contributed by atoms with Crippen molar-refractivity contribution < 1.29 is 0 Å². The van der Waals surface area contributed by atoms with E-state index in [1.807, 2.05) is 0 Å². The van der Waals surface area contributed by atoms with Gasteiger partial charge in [0.05, 0.1) is 0 Å². The predicted molar refractivity (Wildman–Crippen MR) is 67.0 cm³/mol. The van der Waals surface area contributed by atoms with Crippen LogP contribution in [0.15, 0.2) is 0 Å². The maximum absolute atomic E-state index is 5.48. The van der Waals surface area contributed by atoms with Crippen LogP contribution in [0.3, 0.4) is 0 Å². The smallest absolute Gasteiger partial charge is 0.00162 e. The Balaban J connectivity index is 2.00. The molecule has 2 N–H and O–H groups in total. The number of nitrogens with zero attached hydrogens (tertiary/aromatic N) is 1. The van der Waals surface area contributed by atoms with Crippen LogP contribution in [0.5, 0.6) is 0 Å². The Bertz CT molecular complexity index is 147. The molecule has 0 aromatic heterocycles. The quantitative estimate of drug-likeness (QED) is 0.686. The zero-order chi connectivity index (χ0) is 10.9. The van der Waals surface area contributed by atoms with Gasteiger partial charge in [-0.15, -0.1) is 0 Å². The van der Waals surface area contributed by atoms with Gasteiger partial charge in [-0.25, -0.2) is 0 Å². The molecule has 15 heavy (non-hydrogen) atoms. The number of rotatable bonds is 6. The summed E-state index contributed by atoms with van der Waals surface area (Å²) in [5, 5.41) is 0. The van der Waals surface area contributed by atoms with Gasteiger partial charge in [0.15, 0.2) is 0 Å². The fourth-order valence-electron chi connectivity index (χ4n) is 2.38. The fourth-order valence-corrected chi connectivity index (χ4v) is 2.38. The summed E-state index contributed by atoms with van der Waals surface area (Å²) >= 11 is 0. The van der Waals surface area contributed by atoms with Gasteiger partial charge in [0, 0.05) is 0 Å². The number of likely N-dealkylation sites (tertiary alicyclic amines) is 1. The molecule has 1 aliphatic heterocycles. The van der Waals surface area contributed by atoms with Crippen LogP contribution >= 0.6 is 0 Å². The highest BCUT2D eigenvalue weighted by molar-refractivity contribution is 4.67. The Morgan fingerprint density at radius 3 is 2.67 bits per heavy atom. The first-order chi connectivity index (χ1) is 7.33. The summed E-state index contributed by atoms with van der Waals surface area (Å²) in [6, 6.07) is 0. The van der Waals surface area contributed by atoms with Crippen molar-refractivity contribution in [2.75, 3.05) is 26.2 Å². The normalized spacial score (nSPS) is 24.0. The van der Waals surface area contributed by atoms with Gasteiger partial charge in [0.25, 0.3) is 0 Å². The third kappa shape index (κ3) is 6.16. The Hall–Kier alpha value is -0.0800. The summed E-state index contributed by atoms with van der Waals surface area (Å²) in [5.74, 6) is 0.951. The monoisotopic (exact) mass is 212 g/mol. The SMILES string of the molecule is CC1CCCN(CCCCCCN)CC1. The third-order valence-electron chi connectivity index (χ3n) is 3.54. The minimum Gasteiger partial charge on any atom is -0.330 e. The molecule has 0 spiro atoms. The molecule has 0 aromatic rings. The van der Waals surface area contributed by atoms with Crippen molar-refractivity contribution >= 4 is 0 Å². The van der Waals surface area contributed by atoms with Gasteiger partial charge in [0.2, 0.25) is 0 Å². The highest BCUT2D eigenvalue weighted by atomic mass is 15.1. The Labute approximate surface area is 95.2 Å². The van der Waals surface area contributed by atoms with Gasteiger partial charge in [-0.1, -0.05) is 19.8 Å². The maximum atomic E-state index is 5.48. The highest BCUT2D eigenvalue weighted by Crippen LogP contribution is 2.16. The molecule has 1 atom stereocenters. The highest BCUT2D eigenvalue weighted by Gasteiger charge is 2.12. The van der Waals surface area contributed by atoms with Crippen molar-refractivity contribution in [1.82, 2.24) is 4.90 Å². The molecule has 2 nitrogen and oxygen atoms in total. The molecule has 1 unspecified atom stereocenters. The second kappa shape index (κ2) is 8.12. The van der Waals surface area contributed by atoms with Crippen molar-refractivity contribution in [3.8, 4) is 0 Å². The number of unbranched alkanes of at least 4 members (excludes halogenated alkanes) is 3. The van der Waals surface area contributed by atoms with E-state index in [1.165, 1.54) is 64.6 Å². The topological polar surface area (TPSA) is 29.3 Å². The van der Waals surface area contributed by atoms with Gasteiger partial charge in [0.1, 0.15) is 0 Å². The molecule has 0 aliphatic carbocycles. The summed E-state index contributed by atoms with van der Waals surface area (Å²) in [6.07, 6.45) is 9.51. The van der Waals surface area contributed by atoms with Gasteiger partial charge in [-0.05, 0) is 64.2 Å². The number of hydrogen-bond donors (Lipinski definition) is 1. The van der Waals surface area contributed by atoms with Crippen LogP contribution < -0.4 is 5.73 Å². The molecule has 1 saturated heterocycles. The lowest BCUT2D eigenvalue weighted by atomic mass is 10.0. The lowest BCUT2D eigenvalue weighted by Crippen LogP contribution is -2.25. The number of hydrogen-bond acceptors (Lipinski definition) is 2. The van der Waals surface area contributed by atoms with Gasteiger partial charge in [-0.3, -0.25) is 0 Å². The van der Waals surface area contributed by atoms with Crippen LogP contribution in [0.2, 0.25) is 0 Å². The molecule has 0 aromatic carbocycles. The van der Waals surface area contributed by atoms with E-state index in [0.29, 0.717) is 0 Å². The fraction of sp³-hybridized carbons (Fsp3) is 1.00. The molecule has 1 fully saturated rings. The largest absolute Gasteiger partial charge is 0.330 e. The lowest BCUT2D eigenvalue weighted by Gasteiger charge is -2.19. The van der Waals surface area contributed by atoms with Crippen LogP contribution in [-0.2, 0) is 0 Å². The van der Waals surface area contributed by atoms with Crippen molar-refractivity contribution in [3.05, 3.63) is 0 Å². The minimum atomic E-state index is 0.862. The average molecular weight is 212 g/mol. The second-order valence-electron chi connectivity index (χ2n) is 5.08. The van der Waals surface area contributed by atoms with Crippen molar-refractivity contribution in [1.29, 1.82) is 0 Å². The minimum absolute atomic E-state index is 0.862. The zero-order valence-electron chi connectivity index (χ0n) is 10.4. The predicted octanol–water partition coefficient (Wildman–Crippen LogP) is 2.63. The van der Waals surface area contributed by atoms with E-state index in [9.17, 15) is 0 Å². The third-order valence-corrected chi connectivity index (χ3v) is 3.54. The van der Waals surface area contributed by atoms with E-state index in [-0.39, 0.29) is 0 Å². The van der Waals surface area contributed by atoms with Gasteiger partial charge < -0.3 is 10.6 Å². The molecule has 1 rings (SSSR count). The molecule has 2 heteroatoms. The number of nitrogens with two attached hydrogens (primary N) is 1. The van der Waals surface area contributed by atoms with E-state index in [2.05, 4.69) is 11.8 Å². The van der Waals surface area contributed by atoms with Gasteiger partial charge >= 0.3 is 0 Å². The Morgan fingerprint density at radius 2 is 1.87 bits per heavy atom. The molecular formula is C13H28N2. The van der Waals surface area contributed by atoms with Crippen LogP contribution in [0.25, 0.3) is 0 Å². The van der Waals surface area contributed by atoms with Crippen LogP contribution in [0.1, 0.15) is 51.9 Å². The second-order valence-corrected chi connectivity index (χ2v) is 5.08.